The van der Waals surface area contributed by atoms with Crippen molar-refractivity contribution in [1.29, 1.82) is 0 Å². The van der Waals surface area contributed by atoms with Gasteiger partial charge in [0.2, 0.25) is 0 Å². The Balaban J connectivity index is 1.54. The van der Waals surface area contributed by atoms with Gasteiger partial charge in [0, 0.05) is 17.8 Å². The van der Waals surface area contributed by atoms with Gasteiger partial charge in [-0.15, -0.1) is 0 Å². The number of benzene rings is 1. The number of aromatic nitrogens is 2. The van der Waals surface area contributed by atoms with Gasteiger partial charge < -0.3 is 10.1 Å². The Bertz CT molecular complexity index is 734. The summed E-state index contributed by atoms with van der Waals surface area (Å²) in [5.41, 5.74) is 3.59. The van der Waals surface area contributed by atoms with Gasteiger partial charge in [-0.05, 0) is 55.5 Å². The Hall–Kier alpha value is -2.63. The summed E-state index contributed by atoms with van der Waals surface area (Å²) in [4.78, 5) is 23.5. The van der Waals surface area contributed by atoms with E-state index in [0.29, 0.717) is 24.2 Å². The molecule has 126 valence electrons. The van der Waals surface area contributed by atoms with Crippen LogP contribution in [0.25, 0.3) is 0 Å². The van der Waals surface area contributed by atoms with Crippen molar-refractivity contribution in [3.05, 3.63) is 52.8 Å². The number of hydrogen-bond donors (Lipinski definition) is 1. The molecule has 3 rings (SSSR count). The molecule has 6 nitrogen and oxygen atoms in total. The summed E-state index contributed by atoms with van der Waals surface area (Å²) in [5.74, 6) is -0.571. The highest BCUT2D eigenvalue weighted by atomic mass is 16.5. The van der Waals surface area contributed by atoms with Crippen LogP contribution in [0.2, 0.25) is 0 Å². The fraction of sp³-hybridized carbons (Fsp3) is 0.389. The van der Waals surface area contributed by atoms with E-state index >= 15 is 0 Å². The molecule has 1 aliphatic rings. The van der Waals surface area contributed by atoms with Gasteiger partial charge in [-0.2, -0.15) is 5.10 Å². The van der Waals surface area contributed by atoms with E-state index in [1.54, 1.807) is 24.3 Å². The molecule has 0 spiro atoms. The predicted molar refractivity (Wildman–Crippen MR) is 89.0 cm³/mol. The van der Waals surface area contributed by atoms with Crippen LogP contribution in [-0.2, 0) is 24.1 Å². The van der Waals surface area contributed by atoms with Gasteiger partial charge in [-0.3, -0.25) is 9.48 Å². The molecule has 0 unspecified atom stereocenters. The first-order valence-corrected chi connectivity index (χ1v) is 8.19. The first-order valence-electron chi connectivity index (χ1n) is 8.19. The number of ether oxygens (including phenoxy) is 1. The molecule has 6 heteroatoms. The van der Waals surface area contributed by atoms with Gasteiger partial charge in [0.05, 0.1) is 25.4 Å². The summed E-state index contributed by atoms with van der Waals surface area (Å²) < 4.78 is 6.63. The molecule has 1 aromatic carbocycles. The molecule has 1 N–H and O–H groups in total. The lowest BCUT2D eigenvalue weighted by Gasteiger charge is -2.14. The molecule has 2 aromatic rings. The van der Waals surface area contributed by atoms with Crippen LogP contribution in [0.15, 0.2) is 30.5 Å². The van der Waals surface area contributed by atoms with Crippen LogP contribution >= 0.6 is 0 Å². The second-order valence-electron chi connectivity index (χ2n) is 5.87. The molecule has 0 atom stereocenters. The van der Waals surface area contributed by atoms with Crippen LogP contribution in [0.3, 0.4) is 0 Å². The van der Waals surface area contributed by atoms with Crippen molar-refractivity contribution >= 4 is 11.9 Å². The van der Waals surface area contributed by atoms with E-state index in [4.69, 9.17) is 0 Å². The molecule has 0 fully saturated rings. The number of nitrogens with zero attached hydrogens (tertiary/aromatic N) is 2. The second kappa shape index (κ2) is 7.29. The number of methoxy groups -OCH3 is 1. The number of rotatable bonds is 5. The average Bonchev–Trinajstić information content (AvgIpc) is 3.04. The van der Waals surface area contributed by atoms with Crippen molar-refractivity contribution in [3.63, 3.8) is 0 Å². The fourth-order valence-corrected chi connectivity index (χ4v) is 3.00. The van der Waals surface area contributed by atoms with Crippen molar-refractivity contribution in [3.8, 4) is 0 Å². The zero-order valence-corrected chi connectivity index (χ0v) is 13.7. The highest BCUT2D eigenvalue weighted by molar-refractivity contribution is 5.96. The van der Waals surface area contributed by atoms with Crippen LogP contribution in [0, 0.1) is 0 Å². The maximum absolute atomic E-state index is 12.2. The summed E-state index contributed by atoms with van der Waals surface area (Å²) in [6.07, 6.45) is 6.56. The van der Waals surface area contributed by atoms with Crippen LogP contribution in [0.1, 0.15) is 44.8 Å². The smallest absolute Gasteiger partial charge is 0.337 e. The van der Waals surface area contributed by atoms with Crippen molar-refractivity contribution in [2.24, 2.45) is 0 Å². The second-order valence-corrected chi connectivity index (χ2v) is 5.87. The summed E-state index contributed by atoms with van der Waals surface area (Å²) >= 11 is 0. The number of amides is 1. The zero-order chi connectivity index (χ0) is 16.9. The quantitative estimate of drug-likeness (QED) is 0.852. The number of carbonyl (C=O) groups excluding carboxylic acids is 2. The topological polar surface area (TPSA) is 73.2 Å². The Morgan fingerprint density at radius 3 is 2.62 bits per heavy atom. The predicted octanol–water partition coefficient (Wildman–Crippen LogP) is 1.98. The first-order chi connectivity index (χ1) is 11.7. The number of carbonyl (C=O) groups is 2. The maximum atomic E-state index is 12.2. The Kier molecular flexibility index (Phi) is 4.93. The number of fused-ring (bicyclic) bond motifs is 1. The molecule has 1 amide bonds. The van der Waals surface area contributed by atoms with Gasteiger partial charge >= 0.3 is 5.97 Å². The highest BCUT2D eigenvalue weighted by Gasteiger charge is 2.15. The highest BCUT2D eigenvalue weighted by Crippen LogP contribution is 2.20. The van der Waals surface area contributed by atoms with Crippen molar-refractivity contribution < 1.29 is 14.3 Å². The van der Waals surface area contributed by atoms with Crippen molar-refractivity contribution in [1.82, 2.24) is 15.1 Å². The molecule has 1 heterocycles. The molecule has 0 radical (unpaired) electrons. The number of aryl methyl sites for hydroxylation is 1. The third-order valence-corrected chi connectivity index (χ3v) is 4.32. The molecule has 0 aliphatic heterocycles. The van der Waals surface area contributed by atoms with E-state index in [0.717, 1.165) is 12.8 Å². The standard InChI is InChI=1S/C18H21N3O3/c1-24-18(23)14-8-6-13(7-9-14)17(22)19-10-11-21-16-5-3-2-4-15(16)12-20-21/h6-9,12H,2-5,10-11H2,1H3,(H,19,22). The van der Waals surface area contributed by atoms with Crippen LogP contribution in [0.5, 0.6) is 0 Å². The third-order valence-electron chi connectivity index (χ3n) is 4.32. The fourth-order valence-electron chi connectivity index (χ4n) is 3.00. The van der Waals surface area contributed by atoms with Crippen molar-refractivity contribution in [2.75, 3.05) is 13.7 Å². The molecule has 0 saturated carbocycles. The number of hydrogen-bond acceptors (Lipinski definition) is 4. The van der Waals surface area contributed by atoms with E-state index in [9.17, 15) is 9.59 Å². The maximum Gasteiger partial charge on any atom is 0.337 e. The summed E-state index contributed by atoms with van der Waals surface area (Å²) in [5, 5.41) is 7.31. The summed E-state index contributed by atoms with van der Waals surface area (Å²) in [6.45, 7) is 1.19. The monoisotopic (exact) mass is 327 g/mol. The van der Waals surface area contributed by atoms with Crippen LogP contribution in [-0.4, -0.2) is 35.3 Å². The van der Waals surface area contributed by atoms with Gasteiger partial charge in [-0.1, -0.05) is 0 Å². The van der Waals surface area contributed by atoms with Gasteiger partial charge in [0.25, 0.3) is 5.91 Å². The van der Waals surface area contributed by atoms with E-state index in [-0.39, 0.29) is 5.91 Å². The molecule has 0 saturated heterocycles. The number of esters is 1. The summed E-state index contributed by atoms with van der Waals surface area (Å²) in [7, 11) is 1.33. The van der Waals surface area contributed by atoms with E-state index < -0.39 is 5.97 Å². The van der Waals surface area contributed by atoms with Gasteiger partial charge in [0.1, 0.15) is 0 Å². The van der Waals surface area contributed by atoms with Crippen LogP contribution in [0.4, 0.5) is 0 Å². The molecular formula is C18H21N3O3. The lowest BCUT2D eigenvalue weighted by atomic mass is 9.98. The molecule has 1 aliphatic carbocycles. The van der Waals surface area contributed by atoms with E-state index in [2.05, 4.69) is 15.2 Å². The Morgan fingerprint density at radius 2 is 1.88 bits per heavy atom. The molecular weight excluding hydrogens is 306 g/mol. The average molecular weight is 327 g/mol. The van der Waals surface area contributed by atoms with Crippen LogP contribution < -0.4 is 5.32 Å². The first kappa shape index (κ1) is 16.2. The Labute approximate surface area is 140 Å². The minimum atomic E-state index is -0.412. The summed E-state index contributed by atoms with van der Waals surface area (Å²) in [6, 6.07) is 6.42. The normalized spacial score (nSPS) is 13.2. The van der Waals surface area contributed by atoms with E-state index in [1.165, 1.54) is 31.2 Å². The lowest BCUT2D eigenvalue weighted by molar-refractivity contribution is 0.0600. The van der Waals surface area contributed by atoms with Gasteiger partial charge in [-0.25, -0.2) is 4.79 Å². The molecule has 0 bridgehead atoms. The third kappa shape index (κ3) is 3.48. The minimum Gasteiger partial charge on any atom is -0.465 e. The van der Waals surface area contributed by atoms with Crippen molar-refractivity contribution in [2.45, 2.75) is 32.2 Å². The Morgan fingerprint density at radius 1 is 1.17 bits per heavy atom. The zero-order valence-electron chi connectivity index (χ0n) is 13.7. The molecule has 1 aromatic heterocycles. The number of nitrogens with one attached hydrogen (secondary N) is 1. The van der Waals surface area contributed by atoms with Gasteiger partial charge in [0.15, 0.2) is 0 Å². The van der Waals surface area contributed by atoms with E-state index in [1.807, 2.05) is 10.9 Å². The molecule has 24 heavy (non-hydrogen) atoms. The minimum absolute atomic E-state index is 0.160. The SMILES string of the molecule is COC(=O)c1ccc(C(=O)NCCn2ncc3c2CCCC3)cc1. The largest absolute Gasteiger partial charge is 0.465 e. The lowest BCUT2D eigenvalue weighted by Crippen LogP contribution is -2.28.